The molecular weight excluding hydrogens is 380 g/mol. The second-order valence-corrected chi connectivity index (χ2v) is 10.4. The number of hydrogen-bond donors (Lipinski definition) is 0. The molecule has 2 fully saturated rings. The van der Waals surface area contributed by atoms with Gasteiger partial charge in [0.2, 0.25) is 0 Å². The highest BCUT2D eigenvalue weighted by Crippen LogP contribution is 2.30. The molecule has 2 aliphatic rings. The minimum atomic E-state index is -3.32. The van der Waals surface area contributed by atoms with Gasteiger partial charge < -0.3 is 0 Å². The lowest BCUT2D eigenvalue weighted by molar-refractivity contribution is 0.141. The first-order chi connectivity index (χ1) is 13.1. The van der Waals surface area contributed by atoms with Crippen LogP contribution in [0.4, 0.5) is 0 Å². The number of thiazole rings is 1. The zero-order chi connectivity index (χ0) is 18.9. The highest BCUT2D eigenvalue weighted by Gasteiger charge is 2.34. The third kappa shape index (κ3) is 4.05. The van der Waals surface area contributed by atoms with Gasteiger partial charge in [-0.25, -0.2) is 4.98 Å². The molecule has 0 N–H and O–H groups in total. The summed E-state index contributed by atoms with van der Waals surface area (Å²) in [4.78, 5) is 7.13. The third-order valence-electron chi connectivity index (χ3n) is 5.71. The molecule has 6 nitrogen and oxygen atoms in total. The summed E-state index contributed by atoms with van der Waals surface area (Å²) >= 11 is 1.74. The minimum Gasteiger partial charge on any atom is -0.292 e. The van der Waals surface area contributed by atoms with Crippen molar-refractivity contribution in [3.8, 4) is 0 Å². The van der Waals surface area contributed by atoms with E-state index in [1.165, 1.54) is 4.70 Å². The molecule has 4 rings (SSSR count). The lowest BCUT2D eigenvalue weighted by atomic mass is 10.2. The van der Waals surface area contributed by atoms with Gasteiger partial charge in [-0.3, -0.25) is 4.90 Å². The molecule has 27 heavy (non-hydrogen) atoms. The maximum atomic E-state index is 13.0. The average molecular weight is 409 g/mol. The fraction of sp³-hybridized carbons (Fsp3) is 0.632. The Morgan fingerprint density at radius 3 is 2.22 bits per heavy atom. The summed E-state index contributed by atoms with van der Waals surface area (Å²) in [6.07, 6.45) is 4.24. The van der Waals surface area contributed by atoms with E-state index in [0.717, 1.165) is 49.3 Å². The molecule has 2 saturated heterocycles. The van der Waals surface area contributed by atoms with Crippen molar-refractivity contribution >= 4 is 31.8 Å². The van der Waals surface area contributed by atoms with Crippen molar-refractivity contribution in [1.82, 2.24) is 18.5 Å². The highest BCUT2D eigenvalue weighted by atomic mass is 32.2. The maximum absolute atomic E-state index is 13.0. The van der Waals surface area contributed by atoms with Crippen molar-refractivity contribution in [3.05, 3.63) is 29.3 Å². The molecule has 0 aliphatic carbocycles. The second-order valence-electron chi connectivity index (χ2n) is 7.45. The predicted molar refractivity (Wildman–Crippen MR) is 110 cm³/mol. The van der Waals surface area contributed by atoms with Crippen LogP contribution in [0.15, 0.2) is 24.3 Å². The largest absolute Gasteiger partial charge is 0.292 e. The van der Waals surface area contributed by atoms with Gasteiger partial charge in [-0.2, -0.15) is 17.0 Å². The molecule has 1 aromatic heterocycles. The Morgan fingerprint density at radius 2 is 1.56 bits per heavy atom. The van der Waals surface area contributed by atoms with Gasteiger partial charge >= 0.3 is 0 Å². The lowest BCUT2D eigenvalue weighted by Crippen LogP contribution is -2.53. The SMILES string of the molecule is CC(c1nc2ccccc2s1)N1CCN(S(=O)(=O)N2CCCCCC2)CC1. The molecule has 0 spiro atoms. The fourth-order valence-electron chi connectivity index (χ4n) is 3.98. The van der Waals surface area contributed by atoms with Crippen LogP contribution in [0, 0.1) is 0 Å². The van der Waals surface area contributed by atoms with Crippen LogP contribution in [-0.4, -0.2) is 66.2 Å². The van der Waals surface area contributed by atoms with Crippen LogP contribution < -0.4 is 0 Å². The number of benzene rings is 1. The van der Waals surface area contributed by atoms with Crippen LogP contribution in [0.25, 0.3) is 10.2 Å². The van der Waals surface area contributed by atoms with E-state index in [1.54, 1.807) is 19.9 Å². The molecule has 0 radical (unpaired) electrons. The van der Waals surface area contributed by atoms with Gasteiger partial charge in [0, 0.05) is 39.3 Å². The van der Waals surface area contributed by atoms with Crippen LogP contribution in [0.5, 0.6) is 0 Å². The number of fused-ring (bicyclic) bond motifs is 1. The highest BCUT2D eigenvalue weighted by molar-refractivity contribution is 7.86. The van der Waals surface area contributed by atoms with E-state index in [-0.39, 0.29) is 6.04 Å². The van der Waals surface area contributed by atoms with Crippen LogP contribution in [0.1, 0.15) is 43.7 Å². The molecule has 148 valence electrons. The molecule has 8 heteroatoms. The molecule has 3 heterocycles. The number of rotatable bonds is 4. The monoisotopic (exact) mass is 408 g/mol. The van der Waals surface area contributed by atoms with E-state index in [2.05, 4.69) is 17.9 Å². The Balaban J connectivity index is 1.40. The summed E-state index contributed by atoms with van der Waals surface area (Å²) in [7, 11) is -3.32. The van der Waals surface area contributed by atoms with Crippen LogP contribution >= 0.6 is 11.3 Å². The van der Waals surface area contributed by atoms with E-state index < -0.39 is 10.2 Å². The van der Waals surface area contributed by atoms with Gasteiger partial charge in [0.1, 0.15) is 5.01 Å². The Hall–Kier alpha value is -1.06. The van der Waals surface area contributed by atoms with E-state index in [9.17, 15) is 8.42 Å². The normalized spacial score (nSPS) is 22.7. The predicted octanol–water partition coefficient (Wildman–Crippen LogP) is 3.10. The van der Waals surface area contributed by atoms with Crippen LogP contribution in [0.2, 0.25) is 0 Å². The Bertz CT molecular complexity index is 834. The summed E-state index contributed by atoms with van der Waals surface area (Å²) in [6.45, 7) is 6.16. The van der Waals surface area contributed by atoms with Crippen molar-refractivity contribution < 1.29 is 8.42 Å². The molecule has 2 aliphatic heterocycles. The number of hydrogen-bond acceptors (Lipinski definition) is 5. The molecule has 1 aromatic carbocycles. The number of aromatic nitrogens is 1. The zero-order valence-electron chi connectivity index (χ0n) is 15.9. The maximum Gasteiger partial charge on any atom is 0.282 e. The van der Waals surface area contributed by atoms with Crippen molar-refractivity contribution in [2.75, 3.05) is 39.3 Å². The first kappa shape index (κ1) is 19.3. The van der Waals surface area contributed by atoms with E-state index in [4.69, 9.17) is 4.98 Å². The quantitative estimate of drug-likeness (QED) is 0.780. The zero-order valence-corrected chi connectivity index (χ0v) is 17.5. The van der Waals surface area contributed by atoms with Gasteiger partial charge in [-0.05, 0) is 31.9 Å². The number of para-hydroxylation sites is 1. The summed E-state index contributed by atoms with van der Waals surface area (Å²) in [5.41, 5.74) is 1.05. The number of nitrogens with zero attached hydrogens (tertiary/aromatic N) is 4. The first-order valence-electron chi connectivity index (χ1n) is 9.90. The second kappa shape index (κ2) is 8.13. The van der Waals surface area contributed by atoms with E-state index >= 15 is 0 Å². The molecule has 1 unspecified atom stereocenters. The minimum absolute atomic E-state index is 0.213. The van der Waals surface area contributed by atoms with Gasteiger partial charge in [0.05, 0.1) is 16.3 Å². The van der Waals surface area contributed by atoms with Crippen molar-refractivity contribution in [2.24, 2.45) is 0 Å². The lowest BCUT2D eigenvalue weighted by Gasteiger charge is -2.38. The average Bonchev–Trinajstić information content (AvgIpc) is 2.92. The van der Waals surface area contributed by atoms with Crippen LogP contribution in [-0.2, 0) is 10.2 Å². The molecule has 2 aromatic rings. The molecular formula is C19H28N4O2S2. The molecule has 0 bridgehead atoms. The van der Waals surface area contributed by atoms with Crippen LogP contribution in [0.3, 0.4) is 0 Å². The van der Waals surface area contributed by atoms with Crippen molar-refractivity contribution in [3.63, 3.8) is 0 Å². The van der Waals surface area contributed by atoms with Gasteiger partial charge in [0.15, 0.2) is 0 Å². The van der Waals surface area contributed by atoms with Gasteiger partial charge in [0.25, 0.3) is 10.2 Å². The Labute approximate surface area is 166 Å². The molecule has 1 atom stereocenters. The van der Waals surface area contributed by atoms with Crippen molar-refractivity contribution in [2.45, 2.75) is 38.6 Å². The molecule has 0 amide bonds. The standard InChI is InChI=1S/C19H28N4O2S2/c1-16(19-20-17-8-4-5-9-18(17)26-19)21-12-14-23(15-13-21)27(24,25)22-10-6-2-3-7-11-22/h4-5,8-9,16H,2-3,6-7,10-15H2,1H3. The van der Waals surface area contributed by atoms with E-state index in [1.807, 2.05) is 18.2 Å². The Morgan fingerprint density at radius 1 is 0.926 bits per heavy atom. The van der Waals surface area contributed by atoms with Gasteiger partial charge in [-0.15, -0.1) is 11.3 Å². The number of piperazine rings is 1. The van der Waals surface area contributed by atoms with E-state index in [0.29, 0.717) is 26.2 Å². The summed E-state index contributed by atoms with van der Waals surface area (Å²) in [5.74, 6) is 0. The Kier molecular flexibility index (Phi) is 5.80. The van der Waals surface area contributed by atoms with Gasteiger partial charge in [-0.1, -0.05) is 25.0 Å². The molecule has 0 saturated carbocycles. The summed E-state index contributed by atoms with van der Waals surface area (Å²) in [6, 6.07) is 8.43. The fourth-order valence-corrected chi connectivity index (χ4v) is 6.71. The summed E-state index contributed by atoms with van der Waals surface area (Å²) in [5, 5.41) is 1.11. The first-order valence-corrected chi connectivity index (χ1v) is 12.1. The topological polar surface area (TPSA) is 56.8 Å². The summed E-state index contributed by atoms with van der Waals surface area (Å²) < 4.78 is 30.6. The third-order valence-corrected chi connectivity index (χ3v) is 8.95. The smallest absolute Gasteiger partial charge is 0.282 e. The van der Waals surface area contributed by atoms with Crippen molar-refractivity contribution in [1.29, 1.82) is 0 Å².